The first kappa shape index (κ1) is 13.5. The average molecular weight is 267 g/mol. The number of aromatic nitrogens is 1. The highest BCUT2D eigenvalue weighted by atomic mass is 32.1. The van der Waals surface area contributed by atoms with E-state index in [-0.39, 0.29) is 5.91 Å². The molecule has 0 bridgehead atoms. The van der Waals surface area contributed by atoms with E-state index < -0.39 is 0 Å². The quantitative estimate of drug-likeness (QED) is 0.908. The summed E-state index contributed by atoms with van der Waals surface area (Å²) in [4.78, 5) is 18.8. The smallest absolute Gasteiger partial charge is 0.273 e. The summed E-state index contributed by atoms with van der Waals surface area (Å²) < 4.78 is 0. The van der Waals surface area contributed by atoms with Crippen molar-refractivity contribution in [3.05, 3.63) is 16.1 Å². The molecule has 1 amide bonds. The Morgan fingerprint density at radius 3 is 2.83 bits per heavy atom. The highest BCUT2D eigenvalue weighted by molar-refractivity contribution is 7.09. The molecule has 4 nitrogen and oxygen atoms in total. The first-order valence-corrected chi connectivity index (χ1v) is 7.54. The van der Waals surface area contributed by atoms with E-state index in [1.165, 1.54) is 0 Å². The second-order valence-corrected chi connectivity index (χ2v) is 5.79. The van der Waals surface area contributed by atoms with Crippen LogP contribution in [-0.4, -0.2) is 41.5 Å². The van der Waals surface area contributed by atoms with Crippen LogP contribution in [0.3, 0.4) is 0 Å². The number of carbonyl (C=O) groups excluding carboxylic acids is 1. The molecule has 18 heavy (non-hydrogen) atoms. The predicted molar refractivity (Wildman–Crippen MR) is 74.1 cm³/mol. The molecule has 1 saturated heterocycles. The van der Waals surface area contributed by atoms with Crippen LogP contribution in [0.25, 0.3) is 0 Å². The Bertz CT molecular complexity index is 399. The number of nitrogens with zero attached hydrogens (tertiary/aromatic N) is 2. The number of nitrogens with one attached hydrogen (secondary N) is 1. The Balaban J connectivity index is 2.10. The number of aryl methyl sites for hydroxylation is 1. The van der Waals surface area contributed by atoms with Crippen LogP contribution in [0.15, 0.2) is 5.38 Å². The van der Waals surface area contributed by atoms with Crippen LogP contribution in [0.1, 0.15) is 41.7 Å². The summed E-state index contributed by atoms with van der Waals surface area (Å²) in [5.41, 5.74) is 0.615. The lowest BCUT2D eigenvalue weighted by Crippen LogP contribution is -2.46. The lowest BCUT2D eigenvalue weighted by atomic mass is 10.0. The minimum Gasteiger partial charge on any atom is -0.334 e. The minimum atomic E-state index is 0.105. The van der Waals surface area contributed by atoms with Crippen molar-refractivity contribution in [1.82, 2.24) is 15.2 Å². The fourth-order valence-corrected chi connectivity index (χ4v) is 3.00. The van der Waals surface area contributed by atoms with E-state index >= 15 is 0 Å². The number of amides is 1. The molecular formula is C13H21N3OS. The zero-order valence-corrected chi connectivity index (χ0v) is 11.9. The van der Waals surface area contributed by atoms with Crippen LogP contribution in [0, 0.1) is 6.92 Å². The van der Waals surface area contributed by atoms with Crippen molar-refractivity contribution in [2.75, 3.05) is 19.6 Å². The maximum Gasteiger partial charge on any atom is 0.273 e. The Morgan fingerprint density at radius 1 is 1.56 bits per heavy atom. The number of rotatable bonds is 4. The van der Waals surface area contributed by atoms with Crippen molar-refractivity contribution in [1.29, 1.82) is 0 Å². The Labute approximate surface area is 112 Å². The Morgan fingerprint density at radius 2 is 2.28 bits per heavy atom. The summed E-state index contributed by atoms with van der Waals surface area (Å²) in [5, 5.41) is 6.18. The van der Waals surface area contributed by atoms with Gasteiger partial charge in [0.15, 0.2) is 0 Å². The van der Waals surface area contributed by atoms with E-state index in [0.29, 0.717) is 11.7 Å². The molecule has 1 aliphatic rings. The van der Waals surface area contributed by atoms with Gasteiger partial charge < -0.3 is 10.2 Å². The van der Waals surface area contributed by atoms with Crippen molar-refractivity contribution >= 4 is 17.2 Å². The predicted octanol–water partition coefficient (Wildman–Crippen LogP) is 2.06. The van der Waals surface area contributed by atoms with E-state index in [1.807, 2.05) is 17.2 Å². The van der Waals surface area contributed by atoms with Gasteiger partial charge in [0.05, 0.1) is 5.01 Å². The SMILES string of the molecule is CCCN(C(=O)c1csc(C)n1)C1CCNCC1. The van der Waals surface area contributed by atoms with Crippen LogP contribution >= 0.6 is 11.3 Å². The number of piperidine rings is 1. The summed E-state index contributed by atoms with van der Waals surface area (Å²) >= 11 is 1.54. The second-order valence-electron chi connectivity index (χ2n) is 4.73. The molecule has 1 fully saturated rings. The zero-order chi connectivity index (χ0) is 13.0. The molecule has 0 aliphatic carbocycles. The molecule has 2 heterocycles. The van der Waals surface area contributed by atoms with E-state index in [2.05, 4.69) is 17.2 Å². The van der Waals surface area contributed by atoms with Gasteiger partial charge in [-0.25, -0.2) is 4.98 Å². The van der Waals surface area contributed by atoms with Crippen LogP contribution in [0.5, 0.6) is 0 Å². The van der Waals surface area contributed by atoms with Crippen LogP contribution in [-0.2, 0) is 0 Å². The highest BCUT2D eigenvalue weighted by Crippen LogP contribution is 2.17. The summed E-state index contributed by atoms with van der Waals surface area (Å²) in [6.45, 7) is 6.91. The maximum absolute atomic E-state index is 12.5. The standard InChI is InChI=1S/C13H21N3OS/c1-3-8-16(11-4-6-14-7-5-11)13(17)12-9-18-10(2)15-12/h9,11,14H,3-8H2,1-2H3. The molecular weight excluding hydrogens is 246 g/mol. The molecule has 0 aromatic carbocycles. The number of carbonyl (C=O) groups is 1. The second kappa shape index (κ2) is 6.29. The van der Waals surface area contributed by atoms with Gasteiger partial charge in [-0.15, -0.1) is 11.3 Å². The van der Waals surface area contributed by atoms with Crippen LogP contribution in [0.4, 0.5) is 0 Å². The molecule has 2 rings (SSSR count). The monoisotopic (exact) mass is 267 g/mol. The first-order chi connectivity index (χ1) is 8.72. The number of thiazole rings is 1. The van der Waals surface area contributed by atoms with Gasteiger partial charge in [-0.2, -0.15) is 0 Å². The third-order valence-corrected chi connectivity index (χ3v) is 4.09. The van der Waals surface area contributed by atoms with Crippen LogP contribution in [0.2, 0.25) is 0 Å². The third kappa shape index (κ3) is 3.09. The average Bonchev–Trinajstić information content (AvgIpc) is 2.83. The third-order valence-electron chi connectivity index (χ3n) is 3.31. The number of hydrogen-bond acceptors (Lipinski definition) is 4. The topological polar surface area (TPSA) is 45.2 Å². The fraction of sp³-hybridized carbons (Fsp3) is 0.692. The van der Waals surface area contributed by atoms with Gasteiger partial charge in [-0.1, -0.05) is 6.92 Å². The van der Waals surface area contributed by atoms with Crippen LogP contribution < -0.4 is 5.32 Å². The Kier molecular flexibility index (Phi) is 4.72. The van der Waals surface area contributed by atoms with E-state index in [9.17, 15) is 4.79 Å². The van der Waals surface area contributed by atoms with E-state index in [1.54, 1.807) is 11.3 Å². The molecule has 1 aromatic rings. The first-order valence-electron chi connectivity index (χ1n) is 6.66. The van der Waals surface area contributed by atoms with E-state index in [4.69, 9.17) is 0 Å². The number of hydrogen-bond donors (Lipinski definition) is 1. The van der Waals surface area contributed by atoms with Crippen molar-refractivity contribution < 1.29 is 4.79 Å². The molecule has 0 spiro atoms. The summed E-state index contributed by atoms with van der Waals surface area (Å²) in [6, 6.07) is 0.376. The molecule has 1 aliphatic heterocycles. The van der Waals surface area contributed by atoms with Crippen molar-refractivity contribution in [2.24, 2.45) is 0 Å². The normalized spacial score (nSPS) is 16.8. The fourth-order valence-electron chi connectivity index (χ4n) is 2.42. The van der Waals surface area contributed by atoms with Crippen molar-refractivity contribution in [2.45, 2.75) is 39.2 Å². The molecule has 0 radical (unpaired) electrons. The summed E-state index contributed by atoms with van der Waals surface area (Å²) in [6.07, 6.45) is 3.10. The van der Waals surface area contributed by atoms with Gasteiger partial charge in [-0.05, 0) is 39.3 Å². The van der Waals surface area contributed by atoms with Gasteiger partial charge in [-0.3, -0.25) is 4.79 Å². The Hall–Kier alpha value is -0.940. The van der Waals surface area contributed by atoms with Crippen molar-refractivity contribution in [3.8, 4) is 0 Å². The lowest BCUT2D eigenvalue weighted by Gasteiger charge is -2.34. The molecule has 1 aromatic heterocycles. The van der Waals surface area contributed by atoms with Gasteiger partial charge in [0, 0.05) is 18.0 Å². The van der Waals surface area contributed by atoms with Gasteiger partial charge in [0.1, 0.15) is 5.69 Å². The van der Waals surface area contributed by atoms with Gasteiger partial charge >= 0.3 is 0 Å². The summed E-state index contributed by atoms with van der Waals surface area (Å²) in [7, 11) is 0. The summed E-state index contributed by atoms with van der Waals surface area (Å²) in [5.74, 6) is 0.105. The molecule has 1 N–H and O–H groups in total. The minimum absolute atomic E-state index is 0.105. The molecule has 5 heteroatoms. The van der Waals surface area contributed by atoms with E-state index in [0.717, 1.165) is 43.9 Å². The lowest BCUT2D eigenvalue weighted by molar-refractivity contribution is 0.0637. The molecule has 0 unspecified atom stereocenters. The van der Waals surface area contributed by atoms with Crippen molar-refractivity contribution in [3.63, 3.8) is 0 Å². The maximum atomic E-state index is 12.5. The van der Waals surface area contributed by atoms with Gasteiger partial charge in [0.25, 0.3) is 5.91 Å². The zero-order valence-electron chi connectivity index (χ0n) is 11.1. The molecule has 0 saturated carbocycles. The largest absolute Gasteiger partial charge is 0.334 e. The highest BCUT2D eigenvalue weighted by Gasteiger charge is 2.26. The molecule has 0 atom stereocenters. The molecule has 100 valence electrons. The van der Waals surface area contributed by atoms with Gasteiger partial charge in [0.2, 0.25) is 0 Å².